The maximum Gasteiger partial charge on any atom is 0.0725 e. The monoisotopic (exact) mass is 299 g/mol. The summed E-state index contributed by atoms with van der Waals surface area (Å²) in [5, 5.41) is 4.89. The molecule has 2 aromatic rings. The lowest BCUT2D eigenvalue weighted by atomic mass is 10.1. The van der Waals surface area contributed by atoms with E-state index in [0.29, 0.717) is 6.04 Å². The molecule has 1 aromatic carbocycles. The minimum Gasteiger partial charge on any atom is -0.382 e. The Labute approximate surface area is 134 Å². The molecule has 0 spiro atoms. The van der Waals surface area contributed by atoms with Crippen LogP contribution in [0.4, 0.5) is 5.69 Å². The van der Waals surface area contributed by atoms with Crippen LogP contribution in [0.25, 0.3) is 10.9 Å². The summed E-state index contributed by atoms with van der Waals surface area (Å²) in [6.07, 6.45) is 2.42. The van der Waals surface area contributed by atoms with Crippen LogP contribution in [0.15, 0.2) is 30.3 Å². The Morgan fingerprint density at radius 2 is 1.91 bits per heavy atom. The summed E-state index contributed by atoms with van der Waals surface area (Å²) >= 11 is 0. The van der Waals surface area contributed by atoms with Crippen molar-refractivity contribution in [1.29, 1.82) is 0 Å². The van der Waals surface area contributed by atoms with Crippen molar-refractivity contribution in [1.82, 2.24) is 9.88 Å². The molecule has 0 saturated heterocycles. The highest BCUT2D eigenvalue weighted by molar-refractivity contribution is 5.91. The van der Waals surface area contributed by atoms with Gasteiger partial charge in [-0.3, -0.25) is 4.98 Å². The average Bonchev–Trinajstić information content (AvgIpc) is 2.51. The molecule has 0 radical (unpaired) electrons. The van der Waals surface area contributed by atoms with E-state index in [1.807, 2.05) is 6.07 Å². The van der Waals surface area contributed by atoms with Crippen molar-refractivity contribution in [3.05, 3.63) is 36.0 Å². The van der Waals surface area contributed by atoms with E-state index in [1.165, 1.54) is 30.5 Å². The summed E-state index contributed by atoms with van der Waals surface area (Å²) < 4.78 is 0. The lowest BCUT2D eigenvalue weighted by Gasteiger charge is -2.21. The van der Waals surface area contributed by atoms with E-state index in [1.54, 1.807) is 0 Å². The van der Waals surface area contributed by atoms with Crippen LogP contribution in [0.5, 0.6) is 0 Å². The predicted molar refractivity (Wildman–Crippen MR) is 96.6 cm³/mol. The summed E-state index contributed by atoms with van der Waals surface area (Å²) in [5.74, 6) is 0. The highest BCUT2D eigenvalue weighted by atomic mass is 15.1. The van der Waals surface area contributed by atoms with Gasteiger partial charge in [0.2, 0.25) is 0 Å². The van der Waals surface area contributed by atoms with Gasteiger partial charge < -0.3 is 10.2 Å². The standard InChI is InChI=1S/C19H29N3/c1-5-22(6-2)13-9-10-15(3)20-19-14-16(4)21-18-12-8-7-11-17(18)19/h7-8,11-12,14-15H,5-6,9-10,13H2,1-4H3,(H,20,21). The van der Waals surface area contributed by atoms with Gasteiger partial charge >= 0.3 is 0 Å². The van der Waals surface area contributed by atoms with Gasteiger partial charge in [0.25, 0.3) is 0 Å². The topological polar surface area (TPSA) is 28.2 Å². The summed E-state index contributed by atoms with van der Waals surface area (Å²) in [7, 11) is 0. The molecule has 3 nitrogen and oxygen atoms in total. The molecular weight excluding hydrogens is 270 g/mol. The van der Waals surface area contributed by atoms with E-state index < -0.39 is 0 Å². The Morgan fingerprint density at radius 3 is 2.64 bits per heavy atom. The van der Waals surface area contributed by atoms with Crippen molar-refractivity contribution >= 4 is 16.6 Å². The molecule has 22 heavy (non-hydrogen) atoms. The number of nitrogens with zero attached hydrogens (tertiary/aromatic N) is 2. The van der Waals surface area contributed by atoms with Gasteiger partial charge in [0.1, 0.15) is 0 Å². The number of aromatic nitrogens is 1. The van der Waals surface area contributed by atoms with Crippen molar-refractivity contribution in [2.75, 3.05) is 25.0 Å². The van der Waals surface area contributed by atoms with Crippen molar-refractivity contribution in [2.45, 2.75) is 46.6 Å². The summed E-state index contributed by atoms with van der Waals surface area (Å²) in [6.45, 7) is 12.3. The van der Waals surface area contributed by atoms with E-state index in [-0.39, 0.29) is 0 Å². The minimum atomic E-state index is 0.473. The number of fused-ring (bicyclic) bond motifs is 1. The predicted octanol–water partition coefficient (Wildman–Crippen LogP) is 4.47. The van der Waals surface area contributed by atoms with Gasteiger partial charge in [-0.2, -0.15) is 0 Å². The number of rotatable bonds is 8. The van der Waals surface area contributed by atoms with Gasteiger partial charge in [-0.05, 0) is 58.5 Å². The zero-order valence-electron chi connectivity index (χ0n) is 14.4. The second-order valence-corrected chi connectivity index (χ2v) is 6.04. The van der Waals surface area contributed by atoms with Crippen molar-refractivity contribution in [2.24, 2.45) is 0 Å². The summed E-state index contributed by atoms with van der Waals surface area (Å²) in [6, 6.07) is 11.0. The number of para-hydroxylation sites is 1. The molecule has 120 valence electrons. The van der Waals surface area contributed by atoms with E-state index in [4.69, 9.17) is 0 Å². The second-order valence-electron chi connectivity index (χ2n) is 6.04. The molecule has 2 rings (SSSR count). The van der Waals surface area contributed by atoms with Crippen LogP contribution in [-0.2, 0) is 0 Å². The Bertz CT molecular complexity index is 590. The number of anilines is 1. The number of pyridine rings is 1. The molecular formula is C19H29N3. The fourth-order valence-electron chi connectivity index (χ4n) is 2.93. The van der Waals surface area contributed by atoms with Crippen LogP contribution in [0.1, 0.15) is 39.3 Å². The van der Waals surface area contributed by atoms with Gasteiger partial charge in [-0.1, -0.05) is 32.0 Å². The quantitative estimate of drug-likeness (QED) is 0.779. The van der Waals surface area contributed by atoms with Gasteiger partial charge in [-0.25, -0.2) is 0 Å². The average molecular weight is 299 g/mol. The SMILES string of the molecule is CCN(CC)CCCC(C)Nc1cc(C)nc2ccccc12. The molecule has 0 saturated carbocycles. The molecule has 0 fully saturated rings. The van der Waals surface area contributed by atoms with Crippen LogP contribution in [0, 0.1) is 6.92 Å². The maximum absolute atomic E-state index is 4.60. The summed E-state index contributed by atoms with van der Waals surface area (Å²) in [5.41, 5.74) is 3.34. The molecule has 1 heterocycles. The first-order chi connectivity index (χ1) is 10.6. The third-order valence-electron chi connectivity index (χ3n) is 4.25. The van der Waals surface area contributed by atoms with Gasteiger partial charge in [-0.15, -0.1) is 0 Å². The Kier molecular flexibility index (Phi) is 6.20. The van der Waals surface area contributed by atoms with Gasteiger partial charge in [0.15, 0.2) is 0 Å². The molecule has 0 aliphatic carbocycles. The van der Waals surface area contributed by atoms with Crippen LogP contribution < -0.4 is 5.32 Å². The fourth-order valence-corrected chi connectivity index (χ4v) is 2.93. The number of aryl methyl sites for hydroxylation is 1. The van der Waals surface area contributed by atoms with E-state index in [9.17, 15) is 0 Å². The zero-order valence-corrected chi connectivity index (χ0v) is 14.4. The first kappa shape index (κ1) is 16.8. The molecule has 0 bridgehead atoms. The minimum absolute atomic E-state index is 0.473. The third kappa shape index (κ3) is 4.44. The molecule has 1 atom stereocenters. The van der Waals surface area contributed by atoms with E-state index >= 15 is 0 Å². The first-order valence-electron chi connectivity index (χ1n) is 8.49. The number of hydrogen-bond donors (Lipinski definition) is 1. The Morgan fingerprint density at radius 1 is 1.18 bits per heavy atom. The van der Waals surface area contributed by atoms with Crippen LogP contribution in [0.3, 0.4) is 0 Å². The molecule has 3 heteroatoms. The van der Waals surface area contributed by atoms with Crippen LogP contribution >= 0.6 is 0 Å². The molecule has 0 aliphatic rings. The highest BCUT2D eigenvalue weighted by Crippen LogP contribution is 2.24. The van der Waals surface area contributed by atoms with E-state index in [2.05, 4.69) is 67.2 Å². The molecule has 1 aromatic heterocycles. The second kappa shape index (κ2) is 8.14. The largest absolute Gasteiger partial charge is 0.382 e. The van der Waals surface area contributed by atoms with Crippen LogP contribution in [0.2, 0.25) is 0 Å². The third-order valence-corrected chi connectivity index (χ3v) is 4.25. The van der Waals surface area contributed by atoms with Crippen LogP contribution in [-0.4, -0.2) is 35.6 Å². The first-order valence-corrected chi connectivity index (χ1v) is 8.49. The lowest BCUT2D eigenvalue weighted by Crippen LogP contribution is -2.25. The number of benzene rings is 1. The van der Waals surface area contributed by atoms with E-state index in [0.717, 1.165) is 24.3 Å². The Balaban J connectivity index is 1.98. The molecule has 1 N–H and O–H groups in total. The smallest absolute Gasteiger partial charge is 0.0725 e. The van der Waals surface area contributed by atoms with Crippen molar-refractivity contribution in [3.8, 4) is 0 Å². The van der Waals surface area contributed by atoms with Crippen molar-refractivity contribution in [3.63, 3.8) is 0 Å². The molecule has 0 amide bonds. The summed E-state index contributed by atoms with van der Waals surface area (Å²) in [4.78, 5) is 7.09. The lowest BCUT2D eigenvalue weighted by molar-refractivity contribution is 0.295. The molecule has 0 aliphatic heterocycles. The zero-order chi connectivity index (χ0) is 15.9. The number of nitrogens with one attached hydrogen (secondary N) is 1. The normalized spacial score (nSPS) is 12.8. The fraction of sp³-hybridized carbons (Fsp3) is 0.526. The Hall–Kier alpha value is -1.61. The maximum atomic E-state index is 4.60. The van der Waals surface area contributed by atoms with Gasteiger partial charge in [0.05, 0.1) is 5.52 Å². The van der Waals surface area contributed by atoms with Crippen molar-refractivity contribution < 1.29 is 0 Å². The molecule has 1 unspecified atom stereocenters. The number of hydrogen-bond acceptors (Lipinski definition) is 3. The van der Waals surface area contributed by atoms with Gasteiger partial charge in [0, 0.05) is 22.8 Å². The highest BCUT2D eigenvalue weighted by Gasteiger charge is 2.08.